The van der Waals surface area contributed by atoms with Crippen molar-refractivity contribution in [1.29, 1.82) is 0 Å². The largest absolute Gasteiger partial charge is 0.463 e. The SMILES string of the molecule is CCCCCCCCCCCCCCCCC(=O)OC[C@H]1OC[C@@H](O)[C@@H](O)[C@@H]1O. The first-order valence-electron chi connectivity index (χ1n) is 11.9. The molecule has 1 aliphatic heterocycles. The van der Waals surface area contributed by atoms with E-state index in [1.165, 1.54) is 70.6 Å². The Balaban J connectivity index is 1.86. The van der Waals surface area contributed by atoms with E-state index in [9.17, 15) is 20.1 Å². The minimum absolute atomic E-state index is 0.0700. The molecule has 6 nitrogen and oxygen atoms in total. The highest BCUT2D eigenvalue weighted by molar-refractivity contribution is 5.69. The molecular weight excluding hydrogens is 372 g/mol. The van der Waals surface area contributed by atoms with Crippen molar-refractivity contribution in [3.63, 3.8) is 0 Å². The van der Waals surface area contributed by atoms with E-state index in [4.69, 9.17) is 9.47 Å². The second-order valence-electron chi connectivity index (χ2n) is 8.45. The zero-order chi connectivity index (χ0) is 21.3. The molecule has 0 saturated carbocycles. The summed E-state index contributed by atoms with van der Waals surface area (Å²) >= 11 is 0. The van der Waals surface area contributed by atoms with E-state index in [-0.39, 0.29) is 19.2 Å². The van der Waals surface area contributed by atoms with Crippen LogP contribution in [0.15, 0.2) is 0 Å². The van der Waals surface area contributed by atoms with Gasteiger partial charge in [0.05, 0.1) is 6.61 Å². The lowest BCUT2D eigenvalue weighted by atomic mass is 10.0. The third-order valence-corrected chi connectivity index (χ3v) is 5.75. The Morgan fingerprint density at radius 2 is 1.28 bits per heavy atom. The second kappa shape index (κ2) is 17.0. The maximum Gasteiger partial charge on any atom is 0.305 e. The highest BCUT2D eigenvalue weighted by atomic mass is 16.6. The molecule has 0 aromatic carbocycles. The molecule has 1 saturated heterocycles. The predicted molar refractivity (Wildman–Crippen MR) is 114 cm³/mol. The summed E-state index contributed by atoms with van der Waals surface area (Å²) in [5, 5.41) is 28.8. The van der Waals surface area contributed by atoms with Gasteiger partial charge < -0.3 is 24.8 Å². The average molecular weight is 417 g/mol. The van der Waals surface area contributed by atoms with Gasteiger partial charge in [-0.1, -0.05) is 90.4 Å². The van der Waals surface area contributed by atoms with Crippen LogP contribution >= 0.6 is 0 Å². The molecule has 1 fully saturated rings. The molecule has 0 aromatic heterocycles. The van der Waals surface area contributed by atoms with Crippen molar-refractivity contribution in [3.8, 4) is 0 Å². The van der Waals surface area contributed by atoms with E-state index in [1.54, 1.807) is 0 Å². The summed E-state index contributed by atoms with van der Waals surface area (Å²) in [6.45, 7) is 2.09. The zero-order valence-electron chi connectivity index (χ0n) is 18.4. The van der Waals surface area contributed by atoms with Gasteiger partial charge in [0.2, 0.25) is 0 Å². The maximum atomic E-state index is 11.8. The van der Waals surface area contributed by atoms with Gasteiger partial charge in [-0.15, -0.1) is 0 Å². The van der Waals surface area contributed by atoms with Gasteiger partial charge in [-0.2, -0.15) is 0 Å². The van der Waals surface area contributed by atoms with Crippen LogP contribution in [0.5, 0.6) is 0 Å². The molecule has 4 atom stereocenters. The number of ether oxygens (including phenoxy) is 2. The van der Waals surface area contributed by atoms with Crippen molar-refractivity contribution >= 4 is 5.97 Å². The standard InChI is InChI=1S/C23H44O6/c1-2-3-4-5-6-7-8-9-10-11-12-13-14-15-16-21(25)29-18-20-23(27)22(26)19(24)17-28-20/h19-20,22-24,26-27H,2-18H2,1H3/t19-,20-,22-,23-/m1/s1. The molecule has 6 heteroatoms. The molecular formula is C23H44O6. The van der Waals surface area contributed by atoms with Crippen LogP contribution in [0.4, 0.5) is 0 Å². The first kappa shape index (κ1) is 26.3. The summed E-state index contributed by atoms with van der Waals surface area (Å²) in [6.07, 6.45) is 13.8. The number of unbranched alkanes of at least 4 members (excludes halogenated alkanes) is 13. The first-order chi connectivity index (χ1) is 14.1. The van der Waals surface area contributed by atoms with Crippen LogP contribution in [-0.2, 0) is 14.3 Å². The minimum Gasteiger partial charge on any atom is -0.463 e. The lowest BCUT2D eigenvalue weighted by Crippen LogP contribution is -2.54. The minimum atomic E-state index is -1.27. The Morgan fingerprint density at radius 1 is 0.793 bits per heavy atom. The van der Waals surface area contributed by atoms with E-state index in [2.05, 4.69) is 6.92 Å². The molecule has 1 rings (SSSR count). The molecule has 0 aromatic rings. The molecule has 0 amide bonds. The van der Waals surface area contributed by atoms with E-state index >= 15 is 0 Å². The topological polar surface area (TPSA) is 96.2 Å². The Morgan fingerprint density at radius 3 is 1.79 bits per heavy atom. The van der Waals surface area contributed by atoms with Gasteiger partial charge in [-0.05, 0) is 6.42 Å². The van der Waals surface area contributed by atoms with Crippen LogP contribution in [0, 0.1) is 0 Å². The van der Waals surface area contributed by atoms with Crippen molar-refractivity contribution in [2.75, 3.05) is 13.2 Å². The Bertz CT molecular complexity index is 403. The van der Waals surface area contributed by atoms with Crippen molar-refractivity contribution < 1.29 is 29.6 Å². The summed E-state index contributed by atoms with van der Waals surface area (Å²) < 4.78 is 10.3. The smallest absolute Gasteiger partial charge is 0.305 e. The highest BCUT2D eigenvalue weighted by Gasteiger charge is 2.38. The molecule has 0 aliphatic carbocycles. The van der Waals surface area contributed by atoms with Gasteiger partial charge in [0.25, 0.3) is 0 Å². The molecule has 0 bridgehead atoms. The summed E-state index contributed by atoms with van der Waals surface area (Å²) in [4.78, 5) is 11.8. The van der Waals surface area contributed by atoms with Gasteiger partial charge in [0.1, 0.15) is 31.0 Å². The number of aliphatic hydroxyl groups excluding tert-OH is 3. The fourth-order valence-corrected chi connectivity index (χ4v) is 3.72. The van der Waals surface area contributed by atoms with Crippen molar-refractivity contribution in [3.05, 3.63) is 0 Å². The van der Waals surface area contributed by atoms with E-state index < -0.39 is 24.4 Å². The summed E-state index contributed by atoms with van der Waals surface area (Å²) in [6, 6.07) is 0. The van der Waals surface area contributed by atoms with Gasteiger partial charge in [-0.3, -0.25) is 4.79 Å². The number of rotatable bonds is 17. The second-order valence-corrected chi connectivity index (χ2v) is 8.45. The van der Waals surface area contributed by atoms with Crippen LogP contribution in [0.3, 0.4) is 0 Å². The van der Waals surface area contributed by atoms with Crippen molar-refractivity contribution in [1.82, 2.24) is 0 Å². The molecule has 0 radical (unpaired) electrons. The quantitative estimate of drug-likeness (QED) is 0.246. The number of carbonyl (C=O) groups is 1. The third kappa shape index (κ3) is 12.6. The van der Waals surface area contributed by atoms with Crippen molar-refractivity contribution in [2.45, 2.75) is 128 Å². The fourth-order valence-electron chi connectivity index (χ4n) is 3.72. The number of aliphatic hydroxyl groups is 3. The number of esters is 1. The first-order valence-corrected chi connectivity index (χ1v) is 11.9. The Hall–Kier alpha value is -0.690. The van der Waals surface area contributed by atoms with Crippen LogP contribution in [-0.4, -0.2) is 58.9 Å². The van der Waals surface area contributed by atoms with E-state index in [1.807, 2.05) is 0 Å². The maximum absolute atomic E-state index is 11.8. The van der Waals surface area contributed by atoms with E-state index in [0.717, 1.165) is 19.3 Å². The van der Waals surface area contributed by atoms with Crippen LogP contribution in [0.25, 0.3) is 0 Å². The van der Waals surface area contributed by atoms with Gasteiger partial charge in [-0.25, -0.2) is 0 Å². The fraction of sp³-hybridized carbons (Fsp3) is 0.957. The normalized spacial score (nSPS) is 24.6. The predicted octanol–water partition coefficient (Wildman–Crippen LogP) is 3.88. The lowest BCUT2D eigenvalue weighted by Gasteiger charge is -2.34. The molecule has 1 aliphatic rings. The molecule has 29 heavy (non-hydrogen) atoms. The van der Waals surface area contributed by atoms with Crippen LogP contribution in [0.2, 0.25) is 0 Å². The zero-order valence-corrected chi connectivity index (χ0v) is 18.4. The summed E-state index contributed by atoms with van der Waals surface area (Å²) in [5.41, 5.74) is 0. The molecule has 172 valence electrons. The molecule has 1 heterocycles. The van der Waals surface area contributed by atoms with E-state index in [0.29, 0.717) is 6.42 Å². The third-order valence-electron chi connectivity index (χ3n) is 5.75. The monoisotopic (exact) mass is 416 g/mol. The van der Waals surface area contributed by atoms with Crippen LogP contribution in [0.1, 0.15) is 103 Å². The average Bonchev–Trinajstić information content (AvgIpc) is 2.71. The van der Waals surface area contributed by atoms with Gasteiger partial charge in [0, 0.05) is 6.42 Å². The van der Waals surface area contributed by atoms with Crippen LogP contribution < -0.4 is 0 Å². The molecule has 3 N–H and O–H groups in total. The summed E-state index contributed by atoms with van der Waals surface area (Å²) in [5.74, 6) is -0.305. The van der Waals surface area contributed by atoms with Gasteiger partial charge >= 0.3 is 5.97 Å². The number of hydrogen-bond donors (Lipinski definition) is 3. The number of carbonyl (C=O) groups excluding carboxylic acids is 1. The van der Waals surface area contributed by atoms with Crippen molar-refractivity contribution in [2.24, 2.45) is 0 Å². The Kier molecular flexibility index (Phi) is 15.5. The Labute approximate surface area is 177 Å². The lowest BCUT2D eigenvalue weighted by molar-refractivity contribution is -0.201. The molecule has 0 unspecified atom stereocenters. The van der Waals surface area contributed by atoms with Gasteiger partial charge in [0.15, 0.2) is 0 Å². The summed E-state index contributed by atoms with van der Waals surface area (Å²) in [7, 11) is 0. The number of hydrogen-bond acceptors (Lipinski definition) is 6. The molecule has 0 spiro atoms. The highest BCUT2D eigenvalue weighted by Crippen LogP contribution is 2.17.